The van der Waals surface area contributed by atoms with E-state index in [0.29, 0.717) is 28.3 Å². The Kier molecular flexibility index (Phi) is 4.79. The molecule has 0 fully saturated rings. The smallest absolute Gasteiger partial charge is 0.336 e. The largest absolute Gasteiger partial charge is 0.338 e. The van der Waals surface area contributed by atoms with Crippen LogP contribution >= 0.6 is 11.6 Å². The molecule has 32 heavy (non-hydrogen) atoms. The Hall–Kier alpha value is -3.57. The zero-order valence-electron chi connectivity index (χ0n) is 18.1. The molecule has 2 aromatic heterocycles. The normalized spacial score (nSPS) is 11.5. The first kappa shape index (κ1) is 20.3. The number of nitrogens with zero attached hydrogens (tertiary/aromatic N) is 3. The summed E-state index contributed by atoms with van der Waals surface area (Å²) in [5, 5.41) is 1.36. The Labute approximate surface area is 189 Å². The molecule has 0 bridgehead atoms. The highest BCUT2D eigenvalue weighted by atomic mass is 35.5. The average molecular weight is 444 g/mol. The van der Waals surface area contributed by atoms with Crippen LogP contribution in [0, 0.1) is 13.8 Å². The Morgan fingerprint density at radius 1 is 0.844 bits per heavy atom. The van der Waals surface area contributed by atoms with Crippen LogP contribution < -0.4 is 11.2 Å². The summed E-state index contributed by atoms with van der Waals surface area (Å²) in [5.74, 6) is 0. The summed E-state index contributed by atoms with van der Waals surface area (Å²) in [5.41, 5.74) is 4.93. The lowest BCUT2D eigenvalue weighted by Crippen LogP contribution is -2.39. The van der Waals surface area contributed by atoms with Crippen molar-refractivity contribution in [2.75, 3.05) is 0 Å². The average Bonchev–Trinajstić information content (AvgIpc) is 3.03. The summed E-state index contributed by atoms with van der Waals surface area (Å²) in [6.07, 6.45) is 0. The second-order valence-electron chi connectivity index (χ2n) is 8.26. The van der Waals surface area contributed by atoms with Crippen molar-refractivity contribution in [1.82, 2.24) is 13.7 Å². The van der Waals surface area contributed by atoms with Crippen molar-refractivity contribution in [2.24, 2.45) is 7.05 Å². The van der Waals surface area contributed by atoms with Crippen molar-refractivity contribution in [1.29, 1.82) is 0 Å². The molecule has 5 rings (SSSR count). The fourth-order valence-corrected chi connectivity index (χ4v) is 4.63. The topological polar surface area (TPSA) is 48.9 Å². The fourth-order valence-electron chi connectivity index (χ4n) is 4.45. The Bertz CT molecular complexity index is 1640. The van der Waals surface area contributed by atoms with Gasteiger partial charge in [-0.1, -0.05) is 59.1 Å². The van der Waals surface area contributed by atoms with Gasteiger partial charge >= 0.3 is 5.69 Å². The summed E-state index contributed by atoms with van der Waals surface area (Å²) < 4.78 is 4.80. The van der Waals surface area contributed by atoms with E-state index in [0.717, 1.165) is 27.6 Å². The molecule has 160 valence electrons. The Balaban J connectivity index is 1.96. The third kappa shape index (κ3) is 3.17. The minimum atomic E-state index is -0.389. The van der Waals surface area contributed by atoms with E-state index in [9.17, 15) is 9.59 Å². The maximum Gasteiger partial charge on any atom is 0.336 e. The Morgan fingerprint density at radius 3 is 2.34 bits per heavy atom. The standard InChI is InChI=1S/C26H22ClN3O2/c1-16-6-4-7-18(12-16)15-29-23-21-13-17(2)10-11-22(21)28(3)24(23)25(31)30(26(29)32)20-9-5-8-19(27)14-20/h4-14H,15H2,1-3H3. The number of hydrogen-bond donors (Lipinski definition) is 0. The van der Waals surface area contributed by atoms with E-state index in [-0.39, 0.29) is 11.2 Å². The van der Waals surface area contributed by atoms with E-state index in [1.165, 1.54) is 4.57 Å². The minimum absolute atomic E-state index is 0.352. The molecule has 3 aromatic carbocycles. The molecule has 0 saturated carbocycles. The van der Waals surface area contributed by atoms with Crippen LogP contribution in [0.15, 0.2) is 76.3 Å². The molecular weight excluding hydrogens is 422 g/mol. The minimum Gasteiger partial charge on any atom is -0.338 e. The summed E-state index contributed by atoms with van der Waals surface area (Å²) in [7, 11) is 1.87. The summed E-state index contributed by atoms with van der Waals surface area (Å²) in [4.78, 5) is 27.5. The summed E-state index contributed by atoms with van der Waals surface area (Å²) in [6.45, 7) is 4.38. The van der Waals surface area contributed by atoms with Crippen LogP contribution in [0.2, 0.25) is 5.02 Å². The molecule has 5 nitrogen and oxygen atoms in total. The molecular formula is C26H22ClN3O2. The first-order valence-corrected chi connectivity index (χ1v) is 10.8. The van der Waals surface area contributed by atoms with Gasteiger partial charge in [-0.15, -0.1) is 0 Å². The molecule has 2 heterocycles. The highest BCUT2D eigenvalue weighted by molar-refractivity contribution is 6.30. The van der Waals surface area contributed by atoms with Gasteiger partial charge < -0.3 is 4.57 Å². The summed E-state index contributed by atoms with van der Waals surface area (Å²) >= 11 is 6.19. The lowest BCUT2D eigenvalue weighted by molar-refractivity contribution is 0.712. The van der Waals surface area contributed by atoms with Crippen molar-refractivity contribution in [3.8, 4) is 5.69 Å². The number of fused-ring (bicyclic) bond motifs is 3. The molecule has 0 atom stereocenters. The van der Waals surface area contributed by atoms with E-state index in [4.69, 9.17) is 11.6 Å². The number of aromatic nitrogens is 3. The fraction of sp³-hybridized carbons (Fsp3) is 0.154. The van der Waals surface area contributed by atoms with Gasteiger partial charge in [-0.05, 0) is 49.7 Å². The van der Waals surface area contributed by atoms with E-state index >= 15 is 0 Å². The maximum atomic E-state index is 13.8. The molecule has 0 aliphatic carbocycles. The zero-order valence-corrected chi connectivity index (χ0v) is 18.8. The monoisotopic (exact) mass is 443 g/mol. The second-order valence-corrected chi connectivity index (χ2v) is 8.69. The lowest BCUT2D eigenvalue weighted by atomic mass is 10.1. The van der Waals surface area contributed by atoms with Gasteiger partial charge in [0.2, 0.25) is 0 Å². The van der Waals surface area contributed by atoms with E-state index < -0.39 is 0 Å². The van der Waals surface area contributed by atoms with Crippen LogP contribution in [-0.2, 0) is 13.6 Å². The molecule has 0 aliphatic heterocycles. The number of rotatable bonds is 3. The van der Waals surface area contributed by atoms with Crippen LogP contribution in [-0.4, -0.2) is 13.7 Å². The predicted octanol–water partition coefficient (Wildman–Crippen LogP) is 4.96. The molecule has 0 radical (unpaired) electrons. The number of aryl methyl sites for hydroxylation is 3. The highest BCUT2D eigenvalue weighted by Crippen LogP contribution is 2.27. The van der Waals surface area contributed by atoms with Crippen LogP contribution in [0.5, 0.6) is 0 Å². The molecule has 0 amide bonds. The lowest BCUT2D eigenvalue weighted by Gasteiger charge is -2.14. The first-order valence-electron chi connectivity index (χ1n) is 10.4. The van der Waals surface area contributed by atoms with Crippen molar-refractivity contribution in [2.45, 2.75) is 20.4 Å². The quantitative estimate of drug-likeness (QED) is 0.395. The maximum absolute atomic E-state index is 13.8. The number of hydrogen-bond acceptors (Lipinski definition) is 2. The van der Waals surface area contributed by atoms with Gasteiger partial charge in [0.15, 0.2) is 0 Å². The van der Waals surface area contributed by atoms with Gasteiger partial charge in [0.25, 0.3) is 5.56 Å². The molecule has 5 aromatic rings. The van der Waals surface area contributed by atoms with Gasteiger partial charge in [0.05, 0.1) is 23.3 Å². The van der Waals surface area contributed by atoms with Crippen molar-refractivity contribution in [3.05, 3.63) is 109 Å². The third-order valence-corrected chi connectivity index (χ3v) is 6.15. The van der Waals surface area contributed by atoms with Gasteiger partial charge in [-0.2, -0.15) is 0 Å². The van der Waals surface area contributed by atoms with E-state index in [1.54, 1.807) is 28.8 Å². The third-order valence-electron chi connectivity index (χ3n) is 5.92. The van der Waals surface area contributed by atoms with Crippen LogP contribution in [0.1, 0.15) is 16.7 Å². The molecule has 0 N–H and O–H groups in total. The highest BCUT2D eigenvalue weighted by Gasteiger charge is 2.21. The SMILES string of the molecule is Cc1cccc(Cn2c(=O)n(-c3cccc(Cl)c3)c(=O)c3c2c2cc(C)ccc2n3C)c1. The first-order chi connectivity index (χ1) is 15.3. The van der Waals surface area contributed by atoms with Crippen LogP contribution in [0.25, 0.3) is 27.6 Å². The Morgan fingerprint density at radius 2 is 1.59 bits per heavy atom. The van der Waals surface area contributed by atoms with Crippen molar-refractivity contribution in [3.63, 3.8) is 0 Å². The van der Waals surface area contributed by atoms with Crippen molar-refractivity contribution >= 4 is 33.5 Å². The molecule has 6 heteroatoms. The summed E-state index contributed by atoms with van der Waals surface area (Å²) in [6, 6.07) is 20.9. The van der Waals surface area contributed by atoms with E-state index in [1.807, 2.05) is 61.9 Å². The number of halogens is 1. The van der Waals surface area contributed by atoms with Crippen LogP contribution in [0.4, 0.5) is 0 Å². The van der Waals surface area contributed by atoms with Gasteiger partial charge in [-0.25, -0.2) is 9.36 Å². The van der Waals surface area contributed by atoms with Gasteiger partial charge in [0, 0.05) is 17.5 Å². The molecule has 0 aliphatic rings. The second kappa shape index (κ2) is 7.53. The van der Waals surface area contributed by atoms with Gasteiger partial charge in [-0.3, -0.25) is 9.36 Å². The van der Waals surface area contributed by atoms with E-state index in [2.05, 4.69) is 6.07 Å². The van der Waals surface area contributed by atoms with Crippen LogP contribution in [0.3, 0.4) is 0 Å². The molecule has 0 spiro atoms. The predicted molar refractivity (Wildman–Crippen MR) is 130 cm³/mol. The molecule has 0 unspecified atom stereocenters. The molecule has 0 saturated heterocycles. The van der Waals surface area contributed by atoms with Crippen molar-refractivity contribution < 1.29 is 0 Å². The van der Waals surface area contributed by atoms with Gasteiger partial charge in [0.1, 0.15) is 5.52 Å². The zero-order chi connectivity index (χ0) is 22.6. The number of benzene rings is 3.